The van der Waals surface area contributed by atoms with Crippen molar-refractivity contribution in [3.63, 3.8) is 0 Å². The highest BCUT2D eigenvalue weighted by molar-refractivity contribution is 7.26. The van der Waals surface area contributed by atoms with Crippen LogP contribution in [0.2, 0.25) is 0 Å². The van der Waals surface area contributed by atoms with Crippen LogP contribution in [0, 0.1) is 0 Å². The Kier molecular flexibility index (Phi) is 6.75. The molecule has 0 aliphatic carbocycles. The third-order valence-corrected chi connectivity index (χ3v) is 11.2. The molecule has 0 spiro atoms. The first-order chi connectivity index (χ1) is 24.8. The summed E-state index contributed by atoms with van der Waals surface area (Å²) in [6.07, 6.45) is 0. The van der Waals surface area contributed by atoms with Gasteiger partial charge in [-0.2, -0.15) is 0 Å². The van der Waals surface area contributed by atoms with Gasteiger partial charge in [0.25, 0.3) is 0 Å². The summed E-state index contributed by atoms with van der Waals surface area (Å²) in [7, 11) is 0. The van der Waals surface area contributed by atoms with E-state index in [1.165, 1.54) is 80.4 Å². The van der Waals surface area contributed by atoms with Gasteiger partial charge in [-0.1, -0.05) is 152 Å². The van der Waals surface area contributed by atoms with Crippen LogP contribution in [0.1, 0.15) is 0 Å². The quantitative estimate of drug-likeness (QED) is 0.167. The lowest BCUT2D eigenvalue weighted by molar-refractivity contribution is 1.30. The van der Waals surface area contributed by atoms with E-state index in [0.29, 0.717) is 0 Å². The lowest BCUT2D eigenvalue weighted by Crippen LogP contribution is -2.11. The molecule has 1 nitrogen and oxygen atoms in total. The zero-order valence-corrected chi connectivity index (χ0v) is 28.1. The Balaban J connectivity index is 1.22. The molecule has 0 atom stereocenters. The number of thiophene rings is 1. The molecular weight excluding hydrogens is 623 g/mol. The molecule has 0 fully saturated rings. The lowest BCUT2D eigenvalue weighted by Gasteiger charge is -2.29. The van der Waals surface area contributed by atoms with Crippen molar-refractivity contribution in [1.82, 2.24) is 0 Å². The molecule has 0 radical (unpaired) electrons. The largest absolute Gasteiger partial charge is 0.310 e. The second kappa shape index (κ2) is 11.7. The molecule has 234 valence electrons. The smallest absolute Gasteiger partial charge is 0.0552 e. The maximum atomic E-state index is 2.46. The Labute approximate surface area is 294 Å². The number of rotatable bonds is 5. The van der Waals surface area contributed by atoms with Crippen molar-refractivity contribution in [2.45, 2.75) is 0 Å². The fourth-order valence-electron chi connectivity index (χ4n) is 7.68. The average molecular weight is 654 g/mol. The maximum Gasteiger partial charge on any atom is 0.0552 e. The Morgan fingerprint density at radius 3 is 1.90 bits per heavy atom. The van der Waals surface area contributed by atoms with Crippen molar-refractivity contribution in [2.75, 3.05) is 4.90 Å². The standard InChI is InChI=1S/C48H31NS/c1-2-12-32(13-3-1)35-16-10-17-38(30-35)49(45-31-36-15-5-6-18-39(36)43-29-26-33-14-4-7-19-40(33)47(43)45)37-27-24-34(25-28-37)41-21-11-22-44-42-20-8-9-23-46(42)50-48(41)44/h1-31H. The van der Waals surface area contributed by atoms with Gasteiger partial charge in [-0.25, -0.2) is 0 Å². The van der Waals surface area contributed by atoms with E-state index < -0.39 is 0 Å². The summed E-state index contributed by atoms with van der Waals surface area (Å²) in [5.74, 6) is 0. The number of anilines is 3. The van der Waals surface area contributed by atoms with Crippen molar-refractivity contribution in [3.05, 3.63) is 188 Å². The minimum absolute atomic E-state index is 1.12. The Hall–Kier alpha value is -6.22. The molecule has 2 heteroatoms. The summed E-state index contributed by atoms with van der Waals surface area (Å²) >= 11 is 1.88. The van der Waals surface area contributed by atoms with E-state index >= 15 is 0 Å². The Bertz CT molecular complexity index is 2870. The Morgan fingerprint density at radius 2 is 1.04 bits per heavy atom. The van der Waals surface area contributed by atoms with E-state index in [2.05, 4.69) is 193 Å². The Morgan fingerprint density at radius 1 is 0.360 bits per heavy atom. The molecule has 0 aliphatic rings. The molecule has 0 amide bonds. The van der Waals surface area contributed by atoms with Gasteiger partial charge in [0.05, 0.1) is 5.69 Å². The average Bonchev–Trinajstić information content (AvgIpc) is 3.58. The van der Waals surface area contributed by atoms with Crippen LogP contribution in [0.3, 0.4) is 0 Å². The van der Waals surface area contributed by atoms with Gasteiger partial charge in [-0.15, -0.1) is 11.3 Å². The van der Waals surface area contributed by atoms with Crippen molar-refractivity contribution in [2.24, 2.45) is 0 Å². The van der Waals surface area contributed by atoms with Gasteiger partial charge in [0.15, 0.2) is 0 Å². The fraction of sp³-hybridized carbons (Fsp3) is 0. The first kappa shape index (κ1) is 28.8. The SMILES string of the molecule is c1ccc(-c2cccc(N(c3ccc(-c4cccc5c4sc4ccccc45)cc3)c3cc4ccccc4c4ccc5ccccc5c34)c2)cc1. The van der Waals surface area contributed by atoms with Gasteiger partial charge in [0, 0.05) is 36.9 Å². The highest BCUT2D eigenvalue weighted by Crippen LogP contribution is 2.46. The molecule has 0 saturated heterocycles. The number of hydrogen-bond donors (Lipinski definition) is 0. The van der Waals surface area contributed by atoms with Crippen LogP contribution < -0.4 is 4.90 Å². The zero-order chi connectivity index (χ0) is 33.0. The number of nitrogens with zero attached hydrogens (tertiary/aromatic N) is 1. The van der Waals surface area contributed by atoms with Crippen LogP contribution in [-0.4, -0.2) is 0 Å². The van der Waals surface area contributed by atoms with Crippen LogP contribution >= 0.6 is 11.3 Å². The van der Waals surface area contributed by atoms with Crippen LogP contribution in [0.5, 0.6) is 0 Å². The zero-order valence-electron chi connectivity index (χ0n) is 27.3. The molecule has 0 unspecified atom stereocenters. The molecule has 10 aromatic rings. The van der Waals surface area contributed by atoms with E-state index in [0.717, 1.165) is 11.4 Å². The summed E-state index contributed by atoms with van der Waals surface area (Å²) in [6, 6.07) is 68.7. The minimum Gasteiger partial charge on any atom is -0.310 e. The van der Waals surface area contributed by atoms with Crippen molar-refractivity contribution >= 4 is 80.9 Å². The van der Waals surface area contributed by atoms with Crippen LogP contribution in [0.25, 0.3) is 74.7 Å². The maximum absolute atomic E-state index is 2.46. The second-order valence-corrected chi connectivity index (χ2v) is 14.0. The van der Waals surface area contributed by atoms with Crippen LogP contribution in [-0.2, 0) is 0 Å². The van der Waals surface area contributed by atoms with Crippen LogP contribution in [0.15, 0.2) is 188 Å². The minimum atomic E-state index is 1.12. The fourth-order valence-corrected chi connectivity index (χ4v) is 8.92. The van der Waals surface area contributed by atoms with Crippen molar-refractivity contribution in [3.8, 4) is 22.3 Å². The molecule has 1 heterocycles. The first-order valence-electron chi connectivity index (χ1n) is 17.1. The van der Waals surface area contributed by atoms with E-state index in [1.54, 1.807) is 0 Å². The summed E-state index contributed by atoms with van der Waals surface area (Å²) < 4.78 is 2.66. The first-order valence-corrected chi connectivity index (χ1v) is 17.9. The molecule has 50 heavy (non-hydrogen) atoms. The molecule has 0 bridgehead atoms. The second-order valence-electron chi connectivity index (χ2n) is 12.9. The van der Waals surface area contributed by atoms with Crippen molar-refractivity contribution < 1.29 is 0 Å². The molecule has 0 saturated carbocycles. The molecule has 10 rings (SSSR count). The molecule has 9 aromatic carbocycles. The summed E-state index contributed by atoms with van der Waals surface area (Å²) in [4.78, 5) is 2.46. The van der Waals surface area contributed by atoms with E-state index in [-0.39, 0.29) is 0 Å². The third-order valence-electron chi connectivity index (χ3n) is 10.0. The summed E-state index contributed by atoms with van der Waals surface area (Å²) in [5, 5.41) is 10.1. The van der Waals surface area contributed by atoms with Crippen LogP contribution in [0.4, 0.5) is 17.1 Å². The number of fused-ring (bicyclic) bond motifs is 8. The van der Waals surface area contributed by atoms with Gasteiger partial charge >= 0.3 is 0 Å². The van der Waals surface area contributed by atoms with Gasteiger partial charge in [-0.05, 0) is 85.6 Å². The predicted molar refractivity (Wildman–Crippen MR) is 217 cm³/mol. The summed E-state index contributed by atoms with van der Waals surface area (Å²) in [6.45, 7) is 0. The third kappa shape index (κ3) is 4.69. The van der Waals surface area contributed by atoms with E-state index in [4.69, 9.17) is 0 Å². The molecule has 1 aromatic heterocycles. The van der Waals surface area contributed by atoms with E-state index in [1.807, 2.05) is 11.3 Å². The monoisotopic (exact) mass is 653 g/mol. The molecule has 0 aliphatic heterocycles. The molecular formula is C48H31NS. The topological polar surface area (TPSA) is 3.24 Å². The van der Waals surface area contributed by atoms with Gasteiger partial charge in [-0.3, -0.25) is 0 Å². The number of benzene rings is 9. The van der Waals surface area contributed by atoms with Gasteiger partial charge < -0.3 is 4.90 Å². The molecule has 0 N–H and O–H groups in total. The lowest BCUT2D eigenvalue weighted by atomic mass is 9.94. The number of hydrogen-bond acceptors (Lipinski definition) is 2. The highest BCUT2D eigenvalue weighted by Gasteiger charge is 2.20. The predicted octanol–water partition coefficient (Wildman–Crippen LogP) is 14.3. The van der Waals surface area contributed by atoms with Crippen molar-refractivity contribution in [1.29, 1.82) is 0 Å². The summed E-state index contributed by atoms with van der Waals surface area (Å²) in [5.41, 5.74) is 8.29. The van der Waals surface area contributed by atoms with Gasteiger partial charge in [0.1, 0.15) is 0 Å². The highest BCUT2D eigenvalue weighted by atomic mass is 32.1. The van der Waals surface area contributed by atoms with Gasteiger partial charge in [0.2, 0.25) is 0 Å². The normalized spacial score (nSPS) is 11.6. The van der Waals surface area contributed by atoms with E-state index in [9.17, 15) is 0 Å².